The third-order valence-corrected chi connectivity index (χ3v) is 2.83. The normalized spacial score (nSPS) is 11.7. The molecule has 0 saturated carbocycles. The molecular formula is C16H17NO2. The van der Waals surface area contributed by atoms with Crippen LogP contribution in [0, 0.1) is 6.92 Å². The van der Waals surface area contributed by atoms with Crippen molar-refractivity contribution >= 4 is 11.6 Å². The lowest BCUT2D eigenvalue weighted by atomic mass is 10.2. The van der Waals surface area contributed by atoms with Crippen molar-refractivity contribution in [3.8, 4) is 5.75 Å². The molecule has 1 atom stereocenters. The van der Waals surface area contributed by atoms with Gasteiger partial charge in [0.05, 0.1) is 0 Å². The van der Waals surface area contributed by atoms with E-state index in [1.165, 1.54) is 0 Å². The second-order valence-electron chi connectivity index (χ2n) is 4.38. The molecule has 2 aromatic carbocycles. The molecule has 0 unspecified atom stereocenters. The van der Waals surface area contributed by atoms with Crippen molar-refractivity contribution in [2.75, 3.05) is 5.32 Å². The zero-order valence-electron chi connectivity index (χ0n) is 11.1. The highest BCUT2D eigenvalue weighted by Gasteiger charge is 2.15. The van der Waals surface area contributed by atoms with Crippen molar-refractivity contribution in [1.29, 1.82) is 0 Å². The van der Waals surface area contributed by atoms with Gasteiger partial charge in [-0.05, 0) is 37.6 Å². The molecule has 1 amide bonds. The minimum absolute atomic E-state index is 0.154. The molecule has 3 heteroatoms. The van der Waals surface area contributed by atoms with E-state index in [1.54, 1.807) is 6.92 Å². The Morgan fingerprint density at radius 2 is 1.68 bits per heavy atom. The second-order valence-corrected chi connectivity index (χ2v) is 4.38. The number of hydrogen-bond donors (Lipinski definition) is 1. The predicted molar refractivity (Wildman–Crippen MR) is 76.3 cm³/mol. The minimum atomic E-state index is -0.540. The molecule has 0 aliphatic carbocycles. The maximum absolute atomic E-state index is 12.0. The Morgan fingerprint density at radius 1 is 1.05 bits per heavy atom. The van der Waals surface area contributed by atoms with Crippen LogP contribution in [0.1, 0.15) is 12.5 Å². The standard InChI is InChI=1S/C16H17NO2/c1-12-8-6-7-11-15(12)17-16(18)13(2)19-14-9-4-3-5-10-14/h3-11,13H,1-2H3,(H,17,18)/t13-/m1/s1. The first-order valence-electron chi connectivity index (χ1n) is 6.25. The van der Waals surface area contributed by atoms with Gasteiger partial charge in [-0.2, -0.15) is 0 Å². The minimum Gasteiger partial charge on any atom is -0.481 e. The van der Waals surface area contributed by atoms with Crippen LogP contribution in [0.3, 0.4) is 0 Å². The number of amides is 1. The molecule has 98 valence electrons. The van der Waals surface area contributed by atoms with Gasteiger partial charge < -0.3 is 10.1 Å². The molecule has 3 nitrogen and oxygen atoms in total. The first-order valence-corrected chi connectivity index (χ1v) is 6.25. The highest BCUT2D eigenvalue weighted by Crippen LogP contribution is 2.15. The van der Waals surface area contributed by atoms with Crippen LogP contribution in [0.4, 0.5) is 5.69 Å². The molecule has 0 saturated heterocycles. The van der Waals surface area contributed by atoms with Crippen molar-refractivity contribution in [2.24, 2.45) is 0 Å². The Balaban J connectivity index is 1.99. The van der Waals surface area contributed by atoms with Crippen molar-refractivity contribution < 1.29 is 9.53 Å². The van der Waals surface area contributed by atoms with Gasteiger partial charge in [0.25, 0.3) is 5.91 Å². The molecule has 0 heterocycles. The number of anilines is 1. The molecular weight excluding hydrogens is 238 g/mol. The second kappa shape index (κ2) is 6.05. The molecule has 1 N–H and O–H groups in total. The van der Waals surface area contributed by atoms with Gasteiger partial charge in [-0.1, -0.05) is 36.4 Å². The Bertz CT molecular complexity index is 552. The predicted octanol–water partition coefficient (Wildman–Crippen LogP) is 3.40. The Labute approximate surface area is 113 Å². The van der Waals surface area contributed by atoms with E-state index in [0.29, 0.717) is 5.75 Å². The lowest BCUT2D eigenvalue weighted by Gasteiger charge is -2.15. The average molecular weight is 255 g/mol. The number of aryl methyl sites for hydroxylation is 1. The van der Waals surface area contributed by atoms with Crippen molar-refractivity contribution in [3.05, 3.63) is 60.2 Å². The van der Waals surface area contributed by atoms with Crippen molar-refractivity contribution in [2.45, 2.75) is 20.0 Å². The molecule has 0 aliphatic rings. The highest BCUT2D eigenvalue weighted by atomic mass is 16.5. The van der Waals surface area contributed by atoms with Gasteiger partial charge in [0, 0.05) is 5.69 Å². The van der Waals surface area contributed by atoms with E-state index >= 15 is 0 Å². The maximum Gasteiger partial charge on any atom is 0.265 e. The molecule has 0 fully saturated rings. The number of rotatable bonds is 4. The number of hydrogen-bond acceptors (Lipinski definition) is 2. The molecule has 2 rings (SSSR count). The molecule has 0 aromatic heterocycles. The average Bonchev–Trinajstić information content (AvgIpc) is 2.42. The summed E-state index contributed by atoms with van der Waals surface area (Å²) in [4.78, 5) is 12.0. The van der Waals surface area contributed by atoms with Gasteiger partial charge in [0.2, 0.25) is 0 Å². The number of carbonyl (C=O) groups is 1. The van der Waals surface area contributed by atoms with Crippen LogP contribution in [-0.2, 0) is 4.79 Å². The first kappa shape index (κ1) is 13.1. The molecule has 19 heavy (non-hydrogen) atoms. The topological polar surface area (TPSA) is 38.3 Å². The van der Waals surface area contributed by atoms with Crippen LogP contribution < -0.4 is 10.1 Å². The van der Waals surface area contributed by atoms with Crippen molar-refractivity contribution in [3.63, 3.8) is 0 Å². The third-order valence-electron chi connectivity index (χ3n) is 2.83. The van der Waals surface area contributed by atoms with Gasteiger partial charge in [0.15, 0.2) is 6.10 Å². The molecule has 0 radical (unpaired) electrons. The summed E-state index contributed by atoms with van der Waals surface area (Å²) in [6, 6.07) is 17.0. The van der Waals surface area contributed by atoms with Gasteiger partial charge in [-0.25, -0.2) is 0 Å². The van der Waals surface area contributed by atoms with Crippen molar-refractivity contribution in [1.82, 2.24) is 0 Å². The van der Waals surface area contributed by atoms with Gasteiger partial charge in [-0.3, -0.25) is 4.79 Å². The summed E-state index contributed by atoms with van der Waals surface area (Å²) < 4.78 is 5.58. The smallest absolute Gasteiger partial charge is 0.265 e. The number of nitrogens with one attached hydrogen (secondary N) is 1. The fraction of sp³-hybridized carbons (Fsp3) is 0.188. The first-order chi connectivity index (χ1) is 9.16. The monoisotopic (exact) mass is 255 g/mol. The van der Waals surface area contributed by atoms with Crippen LogP contribution in [0.2, 0.25) is 0 Å². The third kappa shape index (κ3) is 3.58. The van der Waals surface area contributed by atoms with Crippen LogP contribution in [-0.4, -0.2) is 12.0 Å². The summed E-state index contributed by atoms with van der Waals surface area (Å²) in [6.07, 6.45) is -0.540. The highest BCUT2D eigenvalue weighted by molar-refractivity contribution is 5.94. The number of para-hydroxylation sites is 2. The Kier molecular flexibility index (Phi) is 4.18. The summed E-state index contributed by atoms with van der Waals surface area (Å²) in [5, 5.41) is 2.87. The molecule has 0 aliphatic heterocycles. The molecule has 2 aromatic rings. The van der Waals surface area contributed by atoms with E-state index in [2.05, 4.69) is 5.32 Å². The van der Waals surface area contributed by atoms with E-state index in [-0.39, 0.29) is 5.91 Å². The summed E-state index contributed by atoms with van der Waals surface area (Å²) >= 11 is 0. The SMILES string of the molecule is Cc1ccccc1NC(=O)[C@@H](C)Oc1ccccc1. The Hall–Kier alpha value is -2.29. The molecule has 0 bridgehead atoms. The fourth-order valence-corrected chi connectivity index (χ4v) is 1.70. The Morgan fingerprint density at radius 3 is 2.37 bits per heavy atom. The van der Waals surface area contributed by atoms with Crippen LogP contribution >= 0.6 is 0 Å². The van der Waals surface area contributed by atoms with E-state index < -0.39 is 6.10 Å². The summed E-state index contributed by atoms with van der Waals surface area (Å²) in [6.45, 7) is 3.69. The van der Waals surface area contributed by atoms with E-state index in [4.69, 9.17) is 4.74 Å². The zero-order chi connectivity index (χ0) is 13.7. The van der Waals surface area contributed by atoms with Gasteiger partial charge >= 0.3 is 0 Å². The summed E-state index contributed by atoms with van der Waals surface area (Å²) in [5.74, 6) is 0.535. The summed E-state index contributed by atoms with van der Waals surface area (Å²) in [7, 11) is 0. The van der Waals surface area contributed by atoms with E-state index in [0.717, 1.165) is 11.3 Å². The van der Waals surface area contributed by atoms with E-state index in [9.17, 15) is 4.79 Å². The van der Waals surface area contributed by atoms with Gasteiger partial charge in [-0.15, -0.1) is 0 Å². The van der Waals surface area contributed by atoms with Crippen LogP contribution in [0.15, 0.2) is 54.6 Å². The number of carbonyl (C=O) groups excluding carboxylic acids is 1. The lowest BCUT2D eigenvalue weighted by molar-refractivity contribution is -0.122. The van der Waals surface area contributed by atoms with Gasteiger partial charge in [0.1, 0.15) is 5.75 Å². The molecule has 0 spiro atoms. The fourth-order valence-electron chi connectivity index (χ4n) is 1.70. The quantitative estimate of drug-likeness (QED) is 0.909. The lowest BCUT2D eigenvalue weighted by Crippen LogP contribution is -2.30. The zero-order valence-corrected chi connectivity index (χ0v) is 11.1. The number of benzene rings is 2. The number of ether oxygens (including phenoxy) is 1. The van der Waals surface area contributed by atoms with E-state index in [1.807, 2.05) is 61.5 Å². The maximum atomic E-state index is 12.0. The summed E-state index contributed by atoms with van der Waals surface area (Å²) in [5.41, 5.74) is 1.85. The largest absolute Gasteiger partial charge is 0.481 e. The van der Waals surface area contributed by atoms with Crippen LogP contribution in [0.5, 0.6) is 5.75 Å². The van der Waals surface area contributed by atoms with Crippen LogP contribution in [0.25, 0.3) is 0 Å².